The topological polar surface area (TPSA) is 29.5 Å². The first-order chi connectivity index (χ1) is 29.3. The Kier molecular flexibility index (Phi) is 7.54. The fourth-order valence-corrected chi connectivity index (χ4v) is 9.18. The Morgan fingerprint density at radius 2 is 0.932 bits per heavy atom. The maximum atomic E-state index is 6.58. The third-order valence-electron chi connectivity index (χ3n) is 11.8. The van der Waals surface area contributed by atoms with Gasteiger partial charge in [0.2, 0.25) is 0 Å². The molecular weight excluding hydrogens is 719 g/mol. The molecule has 276 valence electrons. The average Bonchev–Trinajstić information content (AvgIpc) is 3.88. The van der Waals surface area contributed by atoms with E-state index in [0.717, 1.165) is 88.8 Å². The lowest BCUT2D eigenvalue weighted by Crippen LogP contribution is -2.12. The molecule has 0 aliphatic rings. The molecule has 0 aliphatic carbocycles. The van der Waals surface area contributed by atoms with Crippen molar-refractivity contribution in [2.45, 2.75) is 0 Å². The molecule has 0 N–H and O–H groups in total. The van der Waals surface area contributed by atoms with Crippen LogP contribution in [0.5, 0.6) is 0 Å². The number of furan rings is 2. The van der Waals surface area contributed by atoms with Gasteiger partial charge in [0.05, 0.1) is 16.8 Å². The summed E-state index contributed by atoms with van der Waals surface area (Å²) in [5.41, 5.74) is 13.3. The predicted molar refractivity (Wildman–Crippen MR) is 247 cm³/mol. The van der Waals surface area contributed by atoms with Crippen molar-refractivity contribution in [3.8, 4) is 33.4 Å². The van der Waals surface area contributed by atoms with Gasteiger partial charge >= 0.3 is 0 Å². The minimum absolute atomic E-state index is 0.842. The van der Waals surface area contributed by atoms with Gasteiger partial charge < -0.3 is 13.7 Å². The van der Waals surface area contributed by atoms with Crippen LogP contribution in [-0.4, -0.2) is 0 Å². The Bertz CT molecular complexity index is 3580. The van der Waals surface area contributed by atoms with Crippen LogP contribution in [0.2, 0.25) is 0 Å². The first kappa shape index (κ1) is 33.3. The van der Waals surface area contributed by atoms with Crippen LogP contribution in [0.15, 0.2) is 221 Å². The molecule has 3 heteroatoms. The van der Waals surface area contributed by atoms with Crippen molar-refractivity contribution < 1.29 is 8.83 Å². The van der Waals surface area contributed by atoms with Crippen molar-refractivity contribution in [2.24, 2.45) is 0 Å². The van der Waals surface area contributed by atoms with Gasteiger partial charge in [-0.15, -0.1) is 0 Å². The van der Waals surface area contributed by atoms with Gasteiger partial charge in [0.25, 0.3) is 0 Å². The summed E-state index contributed by atoms with van der Waals surface area (Å²) in [6.45, 7) is 0. The Morgan fingerprint density at radius 3 is 1.80 bits per heavy atom. The van der Waals surface area contributed by atoms with Gasteiger partial charge in [0.1, 0.15) is 22.3 Å². The molecule has 2 aromatic heterocycles. The van der Waals surface area contributed by atoms with E-state index in [0.29, 0.717) is 0 Å². The van der Waals surface area contributed by atoms with Gasteiger partial charge in [0.15, 0.2) is 0 Å². The van der Waals surface area contributed by atoms with E-state index >= 15 is 0 Å². The maximum Gasteiger partial charge on any atom is 0.143 e. The molecule has 59 heavy (non-hydrogen) atoms. The van der Waals surface area contributed by atoms with E-state index in [9.17, 15) is 0 Å². The molecule has 0 radical (unpaired) electrons. The van der Waals surface area contributed by atoms with Crippen LogP contribution < -0.4 is 4.90 Å². The summed E-state index contributed by atoms with van der Waals surface area (Å²) < 4.78 is 13.1. The zero-order valence-electron chi connectivity index (χ0n) is 32.0. The molecule has 10 aromatic carbocycles. The first-order valence-electron chi connectivity index (χ1n) is 20.1. The van der Waals surface area contributed by atoms with Gasteiger partial charge in [0, 0.05) is 33.0 Å². The Balaban J connectivity index is 1.16. The molecule has 0 unspecified atom stereocenters. The van der Waals surface area contributed by atoms with Crippen LogP contribution in [0.25, 0.3) is 98.8 Å². The fourth-order valence-electron chi connectivity index (χ4n) is 9.18. The molecule has 0 spiro atoms. The molecule has 12 rings (SSSR count). The second kappa shape index (κ2) is 13.4. The molecule has 3 nitrogen and oxygen atoms in total. The van der Waals surface area contributed by atoms with Gasteiger partial charge in [-0.25, -0.2) is 0 Å². The molecule has 0 saturated heterocycles. The molecule has 0 fully saturated rings. The lowest BCUT2D eigenvalue weighted by Gasteiger charge is -2.29. The highest BCUT2D eigenvalue weighted by Crippen LogP contribution is 2.49. The SMILES string of the molecule is c1ccc(-c2ccc(-c3cc4ccccc4c4ccccc34)cc2N(c2cccc(-c3cccc4c3oc3ccccc34)c2)c2cccc3oc4ccccc4c23)cc1. The van der Waals surface area contributed by atoms with Gasteiger partial charge in [-0.3, -0.25) is 0 Å². The van der Waals surface area contributed by atoms with Crippen LogP contribution in [0.4, 0.5) is 17.1 Å². The van der Waals surface area contributed by atoms with Crippen LogP contribution in [0.3, 0.4) is 0 Å². The van der Waals surface area contributed by atoms with Crippen molar-refractivity contribution in [3.63, 3.8) is 0 Å². The smallest absolute Gasteiger partial charge is 0.143 e. The highest BCUT2D eigenvalue weighted by molar-refractivity contribution is 6.16. The molecule has 0 atom stereocenters. The zero-order valence-corrected chi connectivity index (χ0v) is 32.0. The monoisotopic (exact) mass is 753 g/mol. The van der Waals surface area contributed by atoms with Crippen molar-refractivity contribution in [1.82, 2.24) is 0 Å². The molecule has 2 heterocycles. The number of para-hydroxylation sites is 3. The minimum Gasteiger partial charge on any atom is -0.456 e. The summed E-state index contributed by atoms with van der Waals surface area (Å²) in [5, 5.41) is 9.30. The standard InChI is InChI=1S/C56H35NO2/c1-2-15-36(16-3-1)42-32-31-39(49-34-38-17-4-5-20-41(38)44-21-6-7-22-45(44)49)35-51(42)57(50-27-14-30-54-55(50)48-24-9-11-29-53(48)58-54)40-19-12-18-37(33-40)43-25-13-26-47-46-23-8-10-28-52(46)59-56(43)47/h1-35H. The molecule has 0 saturated carbocycles. The molecule has 0 bridgehead atoms. The van der Waals surface area contributed by atoms with E-state index < -0.39 is 0 Å². The van der Waals surface area contributed by atoms with Crippen molar-refractivity contribution in [1.29, 1.82) is 0 Å². The van der Waals surface area contributed by atoms with Crippen LogP contribution in [-0.2, 0) is 0 Å². The molecule has 0 aliphatic heterocycles. The first-order valence-corrected chi connectivity index (χ1v) is 20.1. The number of anilines is 3. The summed E-state index contributed by atoms with van der Waals surface area (Å²) in [6.07, 6.45) is 0. The van der Waals surface area contributed by atoms with Crippen molar-refractivity contribution in [2.75, 3.05) is 4.90 Å². The molecule has 12 aromatic rings. The number of hydrogen-bond acceptors (Lipinski definition) is 3. The summed E-state index contributed by atoms with van der Waals surface area (Å²) in [6, 6.07) is 75.9. The second-order valence-electron chi connectivity index (χ2n) is 15.2. The summed E-state index contributed by atoms with van der Waals surface area (Å²) in [5.74, 6) is 0. The maximum absolute atomic E-state index is 6.58. The highest BCUT2D eigenvalue weighted by Gasteiger charge is 2.24. The Morgan fingerprint density at radius 1 is 0.305 bits per heavy atom. The average molecular weight is 754 g/mol. The molecule has 0 amide bonds. The van der Waals surface area contributed by atoms with E-state index in [1.165, 1.54) is 27.1 Å². The lowest BCUT2D eigenvalue weighted by molar-refractivity contribution is 0.669. The second-order valence-corrected chi connectivity index (χ2v) is 15.2. The predicted octanol–water partition coefficient (Wildman–Crippen LogP) is 16.3. The Labute approximate surface area is 340 Å². The van der Waals surface area contributed by atoms with E-state index in [2.05, 4.69) is 199 Å². The van der Waals surface area contributed by atoms with Gasteiger partial charge in [-0.05, 0) is 92.3 Å². The van der Waals surface area contributed by atoms with E-state index in [1.807, 2.05) is 18.2 Å². The minimum atomic E-state index is 0.842. The summed E-state index contributed by atoms with van der Waals surface area (Å²) in [4.78, 5) is 2.43. The Hall–Kier alpha value is -7.88. The van der Waals surface area contributed by atoms with Crippen molar-refractivity contribution in [3.05, 3.63) is 212 Å². The van der Waals surface area contributed by atoms with E-state index in [4.69, 9.17) is 8.83 Å². The number of fused-ring (bicyclic) bond motifs is 9. The van der Waals surface area contributed by atoms with Crippen LogP contribution >= 0.6 is 0 Å². The summed E-state index contributed by atoms with van der Waals surface area (Å²) in [7, 11) is 0. The highest BCUT2D eigenvalue weighted by atomic mass is 16.3. The lowest BCUT2D eigenvalue weighted by atomic mass is 9.91. The summed E-state index contributed by atoms with van der Waals surface area (Å²) >= 11 is 0. The third-order valence-corrected chi connectivity index (χ3v) is 11.8. The largest absolute Gasteiger partial charge is 0.456 e. The van der Waals surface area contributed by atoms with Crippen LogP contribution in [0.1, 0.15) is 0 Å². The quantitative estimate of drug-likeness (QED) is 0.158. The zero-order chi connectivity index (χ0) is 38.9. The van der Waals surface area contributed by atoms with Gasteiger partial charge in [-0.1, -0.05) is 164 Å². The number of rotatable bonds is 6. The van der Waals surface area contributed by atoms with Gasteiger partial charge in [-0.2, -0.15) is 0 Å². The van der Waals surface area contributed by atoms with E-state index in [1.54, 1.807) is 0 Å². The number of benzene rings is 10. The molecular formula is C56H35NO2. The van der Waals surface area contributed by atoms with E-state index in [-0.39, 0.29) is 0 Å². The number of hydrogen-bond donors (Lipinski definition) is 0. The van der Waals surface area contributed by atoms with Crippen molar-refractivity contribution >= 4 is 82.5 Å². The van der Waals surface area contributed by atoms with Crippen LogP contribution in [0, 0.1) is 0 Å². The number of nitrogens with zero attached hydrogens (tertiary/aromatic N) is 1. The third kappa shape index (κ3) is 5.36. The fraction of sp³-hybridized carbons (Fsp3) is 0. The normalized spacial score (nSPS) is 11.7.